The molecule has 4 rings (SSSR count). The number of nitrogens with two attached hydrogens (primary N) is 1. The molecule has 0 aliphatic carbocycles. The largest absolute Gasteiger partial charge is 0.488 e. The third kappa shape index (κ3) is 5.96. The fourth-order valence-electron chi connectivity index (χ4n) is 3.86. The molecule has 3 aromatic rings. The molecular weight excluding hydrogens is 422 g/mol. The molecule has 0 radical (unpaired) electrons. The van der Waals surface area contributed by atoms with Crippen molar-refractivity contribution in [2.75, 3.05) is 18.4 Å². The Morgan fingerprint density at radius 2 is 1.88 bits per heavy atom. The first-order valence-electron chi connectivity index (χ1n) is 10.7. The maximum absolute atomic E-state index is 12.8. The molecule has 1 aromatic heterocycles. The van der Waals surface area contributed by atoms with Gasteiger partial charge in [0, 0.05) is 28.6 Å². The number of carbonyl (C=O) groups is 2. The maximum atomic E-state index is 12.8. The molecule has 3 N–H and O–H groups in total. The summed E-state index contributed by atoms with van der Waals surface area (Å²) in [5, 5.41) is 5.00. The average Bonchev–Trinajstić information content (AvgIpc) is 3.32. The lowest BCUT2D eigenvalue weighted by atomic mass is 9.96. The van der Waals surface area contributed by atoms with Crippen molar-refractivity contribution < 1.29 is 14.3 Å². The van der Waals surface area contributed by atoms with Crippen LogP contribution in [-0.2, 0) is 17.9 Å². The van der Waals surface area contributed by atoms with Crippen LogP contribution in [-0.4, -0.2) is 29.8 Å². The van der Waals surface area contributed by atoms with Gasteiger partial charge < -0.3 is 15.8 Å². The van der Waals surface area contributed by atoms with E-state index in [0.29, 0.717) is 17.9 Å². The monoisotopic (exact) mass is 449 g/mol. The van der Waals surface area contributed by atoms with Crippen molar-refractivity contribution in [1.82, 2.24) is 4.90 Å². The second-order valence-electron chi connectivity index (χ2n) is 8.00. The number of nitrogens with one attached hydrogen (secondary N) is 1. The van der Waals surface area contributed by atoms with Gasteiger partial charge in [-0.3, -0.25) is 14.5 Å². The predicted molar refractivity (Wildman–Crippen MR) is 127 cm³/mol. The molecule has 0 unspecified atom stereocenters. The normalized spacial score (nSPS) is 14.8. The standard InChI is InChI=1S/C25H27N3O3S/c26-24(29)19-9-11-28(12-10-19)16-18-4-1-6-21(14-18)27-25(30)20-5-2-7-22(15-20)31-17-23-8-3-13-32-23/h1-8,13-15,19H,9-12,16-17H2,(H2,26,29)(H,27,30). The SMILES string of the molecule is NC(=O)C1CCN(Cc2cccc(NC(=O)c3cccc(OCc4cccs4)c3)c2)CC1. The predicted octanol–water partition coefficient (Wildman–Crippen LogP) is 4.28. The van der Waals surface area contributed by atoms with Crippen LogP contribution in [0, 0.1) is 5.92 Å². The first-order valence-corrected chi connectivity index (χ1v) is 11.6. The number of thiophene rings is 1. The minimum atomic E-state index is -0.199. The number of hydrogen-bond acceptors (Lipinski definition) is 5. The zero-order valence-corrected chi connectivity index (χ0v) is 18.6. The molecule has 7 heteroatoms. The van der Waals surface area contributed by atoms with E-state index in [2.05, 4.69) is 16.3 Å². The molecule has 6 nitrogen and oxygen atoms in total. The number of amides is 2. The van der Waals surface area contributed by atoms with Gasteiger partial charge in [0.15, 0.2) is 0 Å². The lowest BCUT2D eigenvalue weighted by Crippen LogP contribution is -2.38. The summed E-state index contributed by atoms with van der Waals surface area (Å²) in [6, 6.07) is 19.1. The summed E-state index contributed by atoms with van der Waals surface area (Å²) in [5.41, 5.74) is 7.84. The van der Waals surface area contributed by atoms with Gasteiger partial charge in [0.2, 0.25) is 5.91 Å². The van der Waals surface area contributed by atoms with E-state index in [1.54, 1.807) is 23.5 Å². The molecule has 1 fully saturated rings. The average molecular weight is 450 g/mol. The molecule has 2 aromatic carbocycles. The zero-order valence-electron chi connectivity index (χ0n) is 17.8. The maximum Gasteiger partial charge on any atom is 0.255 e. The number of ether oxygens (including phenoxy) is 1. The number of carbonyl (C=O) groups excluding carboxylic acids is 2. The summed E-state index contributed by atoms with van der Waals surface area (Å²) in [6.45, 7) is 2.97. The number of rotatable bonds is 8. The molecule has 0 saturated carbocycles. The molecular formula is C25H27N3O3S. The van der Waals surface area contributed by atoms with Crippen molar-refractivity contribution in [3.63, 3.8) is 0 Å². The number of piperidine rings is 1. The zero-order chi connectivity index (χ0) is 22.3. The number of hydrogen-bond donors (Lipinski definition) is 2. The summed E-state index contributed by atoms with van der Waals surface area (Å²) in [4.78, 5) is 27.6. The van der Waals surface area contributed by atoms with E-state index in [1.807, 2.05) is 47.8 Å². The highest BCUT2D eigenvalue weighted by Crippen LogP contribution is 2.21. The second kappa shape index (κ2) is 10.4. The highest BCUT2D eigenvalue weighted by Gasteiger charge is 2.23. The van der Waals surface area contributed by atoms with Crippen LogP contribution in [0.2, 0.25) is 0 Å². The molecule has 0 atom stereocenters. The summed E-state index contributed by atoms with van der Waals surface area (Å²) in [6.07, 6.45) is 1.60. The van der Waals surface area contributed by atoms with E-state index < -0.39 is 0 Å². The molecule has 32 heavy (non-hydrogen) atoms. The number of benzene rings is 2. The second-order valence-corrected chi connectivity index (χ2v) is 9.04. The smallest absolute Gasteiger partial charge is 0.255 e. The van der Waals surface area contributed by atoms with Crippen molar-refractivity contribution in [2.24, 2.45) is 11.7 Å². The highest BCUT2D eigenvalue weighted by molar-refractivity contribution is 7.09. The van der Waals surface area contributed by atoms with Crippen molar-refractivity contribution in [1.29, 1.82) is 0 Å². The number of primary amides is 1. The van der Waals surface area contributed by atoms with Gasteiger partial charge >= 0.3 is 0 Å². The Labute approximate surface area is 192 Å². The molecule has 2 amide bonds. The van der Waals surface area contributed by atoms with Gasteiger partial charge in [0.1, 0.15) is 12.4 Å². The van der Waals surface area contributed by atoms with Gasteiger partial charge in [-0.25, -0.2) is 0 Å². The van der Waals surface area contributed by atoms with E-state index in [1.165, 1.54) is 0 Å². The molecule has 0 bridgehead atoms. The topological polar surface area (TPSA) is 84.7 Å². The van der Waals surface area contributed by atoms with Gasteiger partial charge in [-0.15, -0.1) is 11.3 Å². The molecule has 1 aliphatic heterocycles. The summed E-state index contributed by atoms with van der Waals surface area (Å²) < 4.78 is 5.81. The molecule has 166 valence electrons. The van der Waals surface area contributed by atoms with Gasteiger partial charge in [0.25, 0.3) is 5.91 Å². The lowest BCUT2D eigenvalue weighted by molar-refractivity contribution is -0.123. The van der Waals surface area contributed by atoms with Crippen LogP contribution in [0.3, 0.4) is 0 Å². The van der Waals surface area contributed by atoms with Gasteiger partial charge in [0.05, 0.1) is 0 Å². The number of nitrogens with zero attached hydrogens (tertiary/aromatic N) is 1. The first-order chi connectivity index (χ1) is 15.6. The van der Waals surface area contributed by atoms with E-state index >= 15 is 0 Å². The summed E-state index contributed by atoms with van der Waals surface area (Å²) >= 11 is 1.64. The quantitative estimate of drug-likeness (QED) is 0.538. The van der Waals surface area contributed by atoms with Crippen molar-refractivity contribution >= 4 is 28.8 Å². The van der Waals surface area contributed by atoms with E-state index in [-0.39, 0.29) is 17.7 Å². The van der Waals surface area contributed by atoms with Crippen LogP contribution >= 0.6 is 11.3 Å². The van der Waals surface area contributed by atoms with Crippen molar-refractivity contribution in [3.05, 3.63) is 82.0 Å². The van der Waals surface area contributed by atoms with Crippen LogP contribution in [0.5, 0.6) is 5.75 Å². The lowest BCUT2D eigenvalue weighted by Gasteiger charge is -2.30. The Kier molecular flexibility index (Phi) is 7.19. The third-order valence-electron chi connectivity index (χ3n) is 5.64. The fourth-order valence-corrected chi connectivity index (χ4v) is 4.48. The van der Waals surface area contributed by atoms with E-state index in [0.717, 1.165) is 48.6 Å². The Bertz CT molecular complexity index is 1060. The first kappa shape index (κ1) is 22.0. The Morgan fingerprint density at radius 1 is 1.06 bits per heavy atom. The minimum absolute atomic E-state index is 0.0121. The van der Waals surface area contributed by atoms with Crippen LogP contribution in [0.15, 0.2) is 66.0 Å². The summed E-state index contributed by atoms with van der Waals surface area (Å²) in [7, 11) is 0. The van der Waals surface area contributed by atoms with Crippen molar-refractivity contribution in [2.45, 2.75) is 26.0 Å². The Morgan fingerprint density at radius 3 is 2.62 bits per heavy atom. The molecule has 1 saturated heterocycles. The van der Waals surface area contributed by atoms with Crippen molar-refractivity contribution in [3.8, 4) is 5.75 Å². The Hall–Kier alpha value is -3.16. The Balaban J connectivity index is 1.33. The van der Waals surface area contributed by atoms with E-state index in [9.17, 15) is 9.59 Å². The fraction of sp³-hybridized carbons (Fsp3) is 0.280. The van der Waals surface area contributed by atoms with Crippen LogP contribution in [0.4, 0.5) is 5.69 Å². The molecule has 2 heterocycles. The van der Waals surface area contributed by atoms with Gasteiger partial charge in [-0.1, -0.05) is 24.3 Å². The molecule has 1 aliphatic rings. The van der Waals surface area contributed by atoms with E-state index in [4.69, 9.17) is 10.5 Å². The van der Waals surface area contributed by atoms with Gasteiger partial charge in [-0.05, 0) is 73.3 Å². The number of likely N-dealkylation sites (tertiary alicyclic amines) is 1. The summed E-state index contributed by atoms with van der Waals surface area (Å²) in [5.74, 6) is 0.280. The van der Waals surface area contributed by atoms with Crippen LogP contribution < -0.4 is 15.8 Å². The van der Waals surface area contributed by atoms with Crippen LogP contribution in [0.25, 0.3) is 0 Å². The van der Waals surface area contributed by atoms with Gasteiger partial charge in [-0.2, -0.15) is 0 Å². The van der Waals surface area contributed by atoms with Crippen LogP contribution in [0.1, 0.15) is 33.6 Å². The minimum Gasteiger partial charge on any atom is -0.488 e. The highest BCUT2D eigenvalue weighted by atomic mass is 32.1. The third-order valence-corrected chi connectivity index (χ3v) is 6.49. The molecule has 0 spiro atoms. The number of anilines is 1.